The topological polar surface area (TPSA) is 67.4 Å². The van der Waals surface area contributed by atoms with Gasteiger partial charge >= 0.3 is 0 Å². The summed E-state index contributed by atoms with van der Waals surface area (Å²) in [5.74, 6) is 0.818. The number of hydrogen-bond acceptors (Lipinski definition) is 4. The molecule has 0 aliphatic carbocycles. The molecule has 2 N–H and O–H groups in total. The number of fused-ring (bicyclic) bond motifs is 2. The van der Waals surface area contributed by atoms with E-state index in [1.807, 2.05) is 12.1 Å². The molecule has 0 fully saturated rings. The Kier molecular flexibility index (Phi) is 4.15. The Labute approximate surface area is 153 Å². The summed E-state index contributed by atoms with van der Waals surface area (Å²) in [6, 6.07) is 10.7. The average molecular weight is 373 g/mol. The third kappa shape index (κ3) is 3.36. The van der Waals surface area contributed by atoms with Gasteiger partial charge in [-0.05, 0) is 42.5 Å². The van der Waals surface area contributed by atoms with Crippen molar-refractivity contribution in [3.8, 4) is 5.75 Å². The normalized spacial score (nSPS) is 15.2. The van der Waals surface area contributed by atoms with Gasteiger partial charge in [0.1, 0.15) is 12.4 Å². The van der Waals surface area contributed by atoms with Crippen LogP contribution in [0.15, 0.2) is 46.9 Å². The summed E-state index contributed by atoms with van der Waals surface area (Å²) >= 11 is 7.47. The van der Waals surface area contributed by atoms with E-state index in [9.17, 15) is 9.59 Å². The predicted molar refractivity (Wildman–Crippen MR) is 99.3 cm³/mol. The minimum absolute atomic E-state index is 0.0437. The van der Waals surface area contributed by atoms with Crippen molar-refractivity contribution >= 4 is 52.6 Å². The van der Waals surface area contributed by atoms with Gasteiger partial charge in [-0.3, -0.25) is 9.59 Å². The quantitative estimate of drug-likeness (QED) is 0.841. The summed E-state index contributed by atoms with van der Waals surface area (Å²) in [4.78, 5) is 25.0. The summed E-state index contributed by atoms with van der Waals surface area (Å²) in [5.41, 5.74) is 2.61. The zero-order valence-electron chi connectivity index (χ0n) is 13.0. The first kappa shape index (κ1) is 16.1. The van der Waals surface area contributed by atoms with E-state index in [0.29, 0.717) is 33.5 Å². The van der Waals surface area contributed by atoms with E-state index in [2.05, 4.69) is 10.6 Å². The number of hydrogen-bond donors (Lipinski definition) is 2. The molecule has 0 atom stereocenters. The second-order valence-electron chi connectivity index (χ2n) is 5.64. The summed E-state index contributed by atoms with van der Waals surface area (Å²) < 4.78 is 5.61. The maximum absolute atomic E-state index is 12.5. The lowest BCUT2D eigenvalue weighted by atomic mass is 10.1. The Bertz CT molecular complexity index is 927. The highest BCUT2D eigenvalue weighted by molar-refractivity contribution is 8.00. The zero-order valence-corrected chi connectivity index (χ0v) is 14.5. The molecule has 2 aliphatic rings. The molecule has 0 aromatic heterocycles. The van der Waals surface area contributed by atoms with Crippen molar-refractivity contribution in [3.05, 3.63) is 52.6 Å². The fourth-order valence-corrected chi connectivity index (χ4v) is 3.62. The Balaban J connectivity index is 1.55. The highest BCUT2D eigenvalue weighted by Crippen LogP contribution is 2.34. The second-order valence-corrected chi connectivity index (χ2v) is 7.10. The monoisotopic (exact) mass is 372 g/mol. The first-order valence-corrected chi connectivity index (χ1v) is 8.96. The molecule has 5 nitrogen and oxygen atoms in total. The molecule has 4 rings (SSSR count). The highest BCUT2D eigenvalue weighted by Gasteiger charge is 2.19. The lowest BCUT2D eigenvalue weighted by Crippen LogP contribution is -2.22. The standard InChI is InChI=1S/C18H13ClN2O3S/c19-12-1-3-15-10(6-12)5-11(8-24-15)18(23)20-13-2-4-16-14(7-13)21-17(22)9-25-16/h1-7H,8-9H2,(H,20,23)(H,21,22). The van der Waals surface area contributed by atoms with E-state index in [1.165, 1.54) is 11.8 Å². The maximum Gasteiger partial charge on any atom is 0.255 e. The number of thioether (sulfide) groups is 1. The second kappa shape index (κ2) is 6.46. The molecular formula is C18H13ClN2O3S. The Hall–Kier alpha value is -2.44. The lowest BCUT2D eigenvalue weighted by Gasteiger charge is -2.19. The van der Waals surface area contributed by atoms with Gasteiger partial charge in [-0.1, -0.05) is 11.6 Å². The Morgan fingerprint density at radius 1 is 1.24 bits per heavy atom. The van der Waals surface area contributed by atoms with Crippen LogP contribution in [0.4, 0.5) is 11.4 Å². The molecule has 7 heteroatoms. The van der Waals surface area contributed by atoms with E-state index < -0.39 is 0 Å². The molecule has 2 aromatic carbocycles. The van der Waals surface area contributed by atoms with Crippen molar-refractivity contribution in [1.29, 1.82) is 0 Å². The van der Waals surface area contributed by atoms with Crippen LogP contribution in [0, 0.1) is 0 Å². The van der Waals surface area contributed by atoms with Crippen LogP contribution in [0.25, 0.3) is 6.08 Å². The van der Waals surface area contributed by atoms with Gasteiger partial charge < -0.3 is 15.4 Å². The number of benzene rings is 2. The van der Waals surface area contributed by atoms with Gasteiger partial charge in [-0.25, -0.2) is 0 Å². The van der Waals surface area contributed by atoms with Gasteiger partial charge in [0.05, 0.1) is 17.0 Å². The molecule has 2 aromatic rings. The van der Waals surface area contributed by atoms with Gasteiger partial charge in [-0.2, -0.15) is 0 Å². The average Bonchev–Trinajstić information content (AvgIpc) is 2.60. The summed E-state index contributed by atoms with van der Waals surface area (Å²) in [7, 11) is 0. The van der Waals surface area contributed by atoms with Gasteiger partial charge in [-0.15, -0.1) is 11.8 Å². The first-order valence-electron chi connectivity index (χ1n) is 7.59. The minimum atomic E-state index is -0.250. The number of carbonyl (C=O) groups excluding carboxylic acids is 2. The SMILES string of the molecule is O=C1CSc2ccc(NC(=O)C3=Cc4cc(Cl)ccc4OC3)cc2N1. The number of carbonyl (C=O) groups is 2. The van der Waals surface area contributed by atoms with Crippen LogP contribution in [0.1, 0.15) is 5.56 Å². The smallest absolute Gasteiger partial charge is 0.255 e. The molecule has 2 amide bonds. The first-order chi connectivity index (χ1) is 12.1. The summed E-state index contributed by atoms with van der Waals surface area (Å²) in [6.07, 6.45) is 1.77. The molecule has 0 radical (unpaired) electrons. The predicted octanol–water partition coefficient (Wildman–Crippen LogP) is 3.80. The van der Waals surface area contributed by atoms with E-state index in [0.717, 1.165) is 10.5 Å². The zero-order chi connectivity index (χ0) is 17.4. The summed E-state index contributed by atoms with van der Waals surface area (Å²) in [6.45, 7) is 0.192. The van der Waals surface area contributed by atoms with Crippen LogP contribution in [0.5, 0.6) is 5.75 Å². The van der Waals surface area contributed by atoms with Crippen molar-refractivity contribution in [2.24, 2.45) is 0 Å². The van der Waals surface area contributed by atoms with E-state index in [1.54, 1.807) is 30.3 Å². The lowest BCUT2D eigenvalue weighted by molar-refractivity contribution is -0.114. The van der Waals surface area contributed by atoms with Crippen LogP contribution in [0.3, 0.4) is 0 Å². The van der Waals surface area contributed by atoms with Gasteiger partial charge in [0.15, 0.2) is 0 Å². The van der Waals surface area contributed by atoms with Crippen LogP contribution in [-0.4, -0.2) is 24.2 Å². The number of nitrogens with one attached hydrogen (secondary N) is 2. The van der Waals surface area contributed by atoms with Crippen molar-refractivity contribution in [1.82, 2.24) is 0 Å². The molecule has 0 saturated heterocycles. The highest BCUT2D eigenvalue weighted by atomic mass is 35.5. The molecule has 0 spiro atoms. The van der Waals surface area contributed by atoms with Crippen LogP contribution in [-0.2, 0) is 9.59 Å². The summed E-state index contributed by atoms with van der Waals surface area (Å²) in [5, 5.41) is 6.23. The Morgan fingerprint density at radius 3 is 3.00 bits per heavy atom. The Morgan fingerprint density at radius 2 is 2.12 bits per heavy atom. The molecule has 25 heavy (non-hydrogen) atoms. The van der Waals surface area contributed by atoms with Crippen molar-refractivity contribution in [3.63, 3.8) is 0 Å². The number of halogens is 1. The fraction of sp³-hybridized carbons (Fsp3) is 0.111. The number of ether oxygens (including phenoxy) is 1. The largest absolute Gasteiger partial charge is 0.488 e. The van der Waals surface area contributed by atoms with E-state index in [4.69, 9.17) is 16.3 Å². The molecular weight excluding hydrogens is 360 g/mol. The van der Waals surface area contributed by atoms with Gasteiger partial charge in [0, 0.05) is 21.2 Å². The van der Waals surface area contributed by atoms with E-state index >= 15 is 0 Å². The molecule has 0 unspecified atom stereocenters. The van der Waals surface area contributed by atoms with E-state index in [-0.39, 0.29) is 18.4 Å². The molecule has 126 valence electrons. The van der Waals surface area contributed by atoms with Crippen molar-refractivity contribution in [2.45, 2.75) is 4.90 Å². The third-order valence-electron chi connectivity index (χ3n) is 3.85. The number of rotatable bonds is 2. The number of anilines is 2. The fourth-order valence-electron chi connectivity index (χ4n) is 2.65. The van der Waals surface area contributed by atoms with Crippen molar-refractivity contribution < 1.29 is 14.3 Å². The van der Waals surface area contributed by atoms with Crippen LogP contribution in [0.2, 0.25) is 5.02 Å². The van der Waals surface area contributed by atoms with Gasteiger partial charge in [0.2, 0.25) is 5.91 Å². The molecule has 2 aliphatic heterocycles. The van der Waals surface area contributed by atoms with Gasteiger partial charge in [0.25, 0.3) is 5.91 Å². The van der Waals surface area contributed by atoms with Crippen LogP contribution >= 0.6 is 23.4 Å². The minimum Gasteiger partial charge on any atom is -0.488 e. The van der Waals surface area contributed by atoms with Crippen LogP contribution < -0.4 is 15.4 Å². The number of amides is 2. The molecule has 0 saturated carbocycles. The molecule has 2 heterocycles. The maximum atomic E-state index is 12.5. The molecule has 0 bridgehead atoms. The third-order valence-corrected chi connectivity index (χ3v) is 5.16. The van der Waals surface area contributed by atoms with Crippen molar-refractivity contribution in [2.75, 3.05) is 23.0 Å².